The van der Waals surface area contributed by atoms with Crippen molar-refractivity contribution in [3.63, 3.8) is 0 Å². The van der Waals surface area contributed by atoms with Crippen molar-refractivity contribution >= 4 is 23.2 Å². The highest BCUT2D eigenvalue weighted by Gasteiger charge is 2.13. The minimum Gasteiger partial charge on any atom is -0.325 e. The molecule has 0 aliphatic carbocycles. The first kappa shape index (κ1) is 15.3. The zero-order valence-corrected chi connectivity index (χ0v) is 12.9. The summed E-state index contributed by atoms with van der Waals surface area (Å²) in [5, 5.41) is 3.62. The van der Waals surface area contributed by atoms with Gasteiger partial charge in [-0.15, -0.1) is 0 Å². The standard InChI is InChI=1S/C16H23ClN2O/c1-13-7-8-14(17)11-15(13)18-16(20)12-19-9-5-3-2-4-6-10-19/h7-8,11H,2-6,9-10,12H2,1H3,(H,18,20). The maximum Gasteiger partial charge on any atom is 0.238 e. The molecule has 0 aromatic heterocycles. The number of likely N-dealkylation sites (tertiary alicyclic amines) is 1. The van der Waals surface area contributed by atoms with Gasteiger partial charge in [0.1, 0.15) is 0 Å². The molecule has 1 fully saturated rings. The monoisotopic (exact) mass is 294 g/mol. The van der Waals surface area contributed by atoms with Crippen molar-refractivity contribution in [3.05, 3.63) is 28.8 Å². The molecule has 0 unspecified atom stereocenters. The molecule has 1 aromatic carbocycles. The van der Waals surface area contributed by atoms with Crippen LogP contribution in [0.3, 0.4) is 0 Å². The molecular formula is C16H23ClN2O. The normalized spacial score (nSPS) is 17.3. The van der Waals surface area contributed by atoms with Crippen molar-refractivity contribution in [1.29, 1.82) is 0 Å². The average Bonchev–Trinajstić information content (AvgIpc) is 2.37. The first-order valence-corrected chi connectivity index (χ1v) is 7.81. The second-order valence-electron chi connectivity index (χ2n) is 5.55. The number of nitrogens with one attached hydrogen (secondary N) is 1. The lowest BCUT2D eigenvalue weighted by atomic mass is 10.1. The molecule has 1 heterocycles. The quantitative estimate of drug-likeness (QED) is 0.918. The van der Waals surface area contributed by atoms with Gasteiger partial charge >= 0.3 is 0 Å². The minimum absolute atomic E-state index is 0.0518. The van der Waals surface area contributed by atoms with Gasteiger partial charge in [0.25, 0.3) is 0 Å². The number of nitrogens with zero attached hydrogens (tertiary/aromatic N) is 1. The Bertz CT molecular complexity index is 454. The summed E-state index contributed by atoms with van der Waals surface area (Å²) in [6.45, 7) is 4.51. The smallest absolute Gasteiger partial charge is 0.238 e. The fourth-order valence-corrected chi connectivity index (χ4v) is 2.76. The van der Waals surface area contributed by atoms with Gasteiger partial charge in [0, 0.05) is 10.7 Å². The summed E-state index contributed by atoms with van der Waals surface area (Å²) in [5.41, 5.74) is 1.85. The molecule has 1 N–H and O–H groups in total. The Morgan fingerprint density at radius 3 is 2.55 bits per heavy atom. The van der Waals surface area contributed by atoms with Gasteiger partial charge < -0.3 is 5.32 Å². The van der Waals surface area contributed by atoms with E-state index in [2.05, 4.69) is 10.2 Å². The Morgan fingerprint density at radius 2 is 1.85 bits per heavy atom. The van der Waals surface area contributed by atoms with Gasteiger partial charge in [-0.2, -0.15) is 0 Å². The molecule has 3 nitrogen and oxygen atoms in total. The highest BCUT2D eigenvalue weighted by molar-refractivity contribution is 6.31. The van der Waals surface area contributed by atoms with E-state index in [9.17, 15) is 4.79 Å². The molecule has 0 radical (unpaired) electrons. The maximum atomic E-state index is 12.1. The van der Waals surface area contributed by atoms with Crippen molar-refractivity contribution in [2.75, 3.05) is 25.0 Å². The molecule has 0 saturated carbocycles. The molecule has 0 bridgehead atoms. The molecular weight excluding hydrogens is 272 g/mol. The van der Waals surface area contributed by atoms with E-state index in [1.54, 1.807) is 0 Å². The third-order valence-corrected chi connectivity index (χ3v) is 4.02. The van der Waals surface area contributed by atoms with Crippen molar-refractivity contribution in [3.8, 4) is 0 Å². The zero-order chi connectivity index (χ0) is 14.4. The van der Waals surface area contributed by atoms with E-state index < -0.39 is 0 Å². The van der Waals surface area contributed by atoms with E-state index in [1.807, 2.05) is 25.1 Å². The second kappa shape index (κ2) is 7.65. The van der Waals surface area contributed by atoms with Gasteiger partial charge in [-0.25, -0.2) is 0 Å². The molecule has 0 spiro atoms. The lowest BCUT2D eigenvalue weighted by Gasteiger charge is -2.24. The molecule has 1 aromatic rings. The SMILES string of the molecule is Cc1ccc(Cl)cc1NC(=O)CN1CCCCCCC1. The molecule has 110 valence electrons. The van der Waals surface area contributed by atoms with Crippen molar-refractivity contribution in [1.82, 2.24) is 4.90 Å². The van der Waals surface area contributed by atoms with Gasteiger partial charge in [0.05, 0.1) is 6.54 Å². The van der Waals surface area contributed by atoms with E-state index in [-0.39, 0.29) is 5.91 Å². The number of carbonyl (C=O) groups is 1. The number of halogens is 1. The predicted molar refractivity (Wildman–Crippen MR) is 84.3 cm³/mol. The van der Waals surface area contributed by atoms with Crippen LogP contribution in [0.5, 0.6) is 0 Å². The van der Waals surface area contributed by atoms with E-state index in [0.717, 1.165) is 24.3 Å². The summed E-state index contributed by atoms with van der Waals surface area (Å²) in [4.78, 5) is 14.4. The first-order chi connectivity index (χ1) is 9.65. The van der Waals surface area contributed by atoms with E-state index in [1.165, 1.54) is 32.1 Å². The summed E-state index contributed by atoms with van der Waals surface area (Å²) in [6.07, 6.45) is 6.30. The Labute approximate surface area is 126 Å². The number of amides is 1. The first-order valence-electron chi connectivity index (χ1n) is 7.43. The topological polar surface area (TPSA) is 32.3 Å². The van der Waals surface area contributed by atoms with Gasteiger partial charge in [0.15, 0.2) is 0 Å². The third kappa shape index (κ3) is 4.80. The third-order valence-electron chi connectivity index (χ3n) is 3.79. The Morgan fingerprint density at radius 1 is 1.20 bits per heavy atom. The summed E-state index contributed by atoms with van der Waals surface area (Å²) in [5.74, 6) is 0.0518. The van der Waals surface area contributed by atoms with Crippen molar-refractivity contribution < 1.29 is 4.79 Å². The van der Waals surface area contributed by atoms with Gasteiger partial charge in [-0.05, 0) is 50.6 Å². The van der Waals surface area contributed by atoms with Crippen molar-refractivity contribution in [2.24, 2.45) is 0 Å². The minimum atomic E-state index is 0.0518. The number of hydrogen-bond donors (Lipinski definition) is 1. The van der Waals surface area contributed by atoms with Crippen LogP contribution in [0.15, 0.2) is 18.2 Å². The Kier molecular flexibility index (Phi) is 5.86. The summed E-state index contributed by atoms with van der Waals surface area (Å²) in [7, 11) is 0. The Balaban J connectivity index is 1.89. The van der Waals surface area contributed by atoms with Crippen LogP contribution in [0.25, 0.3) is 0 Å². The molecule has 20 heavy (non-hydrogen) atoms. The molecule has 1 amide bonds. The maximum absolute atomic E-state index is 12.1. The van der Waals surface area contributed by atoms with Crippen LogP contribution in [0.2, 0.25) is 5.02 Å². The number of aryl methyl sites for hydroxylation is 1. The highest BCUT2D eigenvalue weighted by Crippen LogP contribution is 2.20. The number of anilines is 1. The lowest BCUT2D eigenvalue weighted by Crippen LogP contribution is -2.35. The van der Waals surface area contributed by atoms with Gasteiger partial charge in [-0.1, -0.05) is 36.9 Å². The predicted octanol–water partition coefficient (Wildman–Crippen LogP) is 3.85. The zero-order valence-electron chi connectivity index (χ0n) is 12.1. The molecule has 1 aliphatic heterocycles. The van der Waals surface area contributed by atoms with Crippen molar-refractivity contribution in [2.45, 2.75) is 39.0 Å². The highest BCUT2D eigenvalue weighted by atomic mass is 35.5. The van der Waals surface area contributed by atoms with Crippen LogP contribution in [-0.4, -0.2) is 30.4 Å². The van der Waals surface area contributed by atoms with Crippen LogP contribution >= 0.6 is 11.6 Å². The van der Waals surface area contributed by atoms with E-state index >= 15 is 0 Å². The number of hydrogen-bond acceptors (Lipinski definition) is 2. The molecule has 1 saturated heterocycles. The van der Waals surface area contributed by atoms with Crippen LogP contribution in [0, 0.1) is 6.92 Å². The molecule has 4 heteroatoms. The average molecular weight is 295 g/mol. The largest absolute Gasteiger partial charge is 0.325 e. The van der Waals surface area contributed by atoms with Gasteiger partial charge in [-0.3, -0.25) is 9.69 Å². The molecule has 0 atom stereocenters. The van der Waals surface area contributed by atoms with Crippen LogP contribution in [-0.2, 0) is 4.79 Å². The number of rotatable bonds is 3. The summed E-state index contributed by atoms with van der Waals surface area (Å²) < 4.78 is 0. The number of carbonyl (C=O) groups excluding carboxylic acids is 1. The van der Waals surface area contributed by atoms with E-state index in [0.29, 0.717) is 11.6 Å². The Hall–Kier alpha value is -1.06. The fourth-order valence-electron chi connectivity index (χ4n) is 2.59. The summed E-state index contributed by atoms with van der Waals surface area (Å²) in [6, 6.07) is 5.57. The second-order valence-corrected chi connectivity index (χ2v) is 5.99. The molecule has 2 rings (SSSR count). The molecule has 1 aliphatic rings. The number of benzene rings is 1. The summed E-state index contributed by atoms with van der Waals surface area (Å²) >= 11 is 5.97. The lowest BCUT2D eigenvalue weighted by molar-refractivity contribution is -0.117. The van der Waals surface area contributed by atoms with Crippen LogP contribution in [0.1, 0.15) is 37.7 Å². The van der Waals surface area contributed by atoms with Gasteiger partial charge in [0.2, 0.25) is 5.91 Å². The van der Waals surface area contributed by atoms with Crippen LogP contribution in [0.4, 0.5) is 5.69 Å². The van der Waals surface area contributed by atoms with E-state index in [4.69, 9.17) is 11.6 Å². The van der Waals surface area contributed by atoms with Crippen LogP contribution < -0.4 is 5.32 Å². The fraction of sp³-hybridized carbons (Fsp3) is 0.562.